The number of rotatable bonds is 4. The van der Waals surface area contributed by atoms with Crippen LogP contribution in [0.15, 0.2) is 36.7 Å². The second-order valence-electron chi connectivity index (χ2n) is 4.04. The van der Waals surface area contributed by atoms with E-state index in [2.05, 4.69) is 10.2 Å². The van der Waals surface area contributed by atoms with Crippen molar-refractivity contribution in [2.24, 2.45) is 0 Å². The number of carbonyl (C=O) groups is 1. The van der Waals surface area contributed by atoms with Gasteiger partial charge >= 0.3 is 0 Å². The lowest BCUT2D eigenvalue weighted by Crippen LogP contribution is -2.31. The summed E-state index contributed by atoms with van der Waals surface area (Å²) >= 11 is 0. The van der Waals surface area contributed by atoms with Gasteiger partial charge in [-0.1, -0.05) is 13.0 Å². The Labute approximate surface area is 106 Å². The van der Waals surface area contributed by atoms with Crippen molar-refractivity contribution in [2.45, 2.75) is 13.3 Å². The molecule has 3 N–H and O–H groups in total. The lowest BCUT2D eigenvalue weighted by molar-refractivity contribution is 0.0987. The number of nitrogen functional groups attached to an aromatic ring is 1. The number of carbonyl (C=O) groups excluding carboxylic acids is 1. The van der Waals surface area contributed by atoms with E-state index in [-0.39, 0.29) is 5.91 Å². The van der Waals surface area contributed by atoms with Gasteiger partial charge in [0, 0.05) is 24.1 Å². The minimum atomic E-state index is -0.0730. The van der Waals surface area contributed by atoms with Crippen molar-refractivity contribution < 1.29 is 4.79 Å². The number of aromatic nitrogens is 2. The summed E-state index contributed by atoms with van der Waals surface area (Å²) in [5, 5.41) is 6.45. The van der Waals surface area contributed by atoms with Gasteiger partial charge in [0.1, 0.15) is 0 Å². The highest BCUT2D eigenvalue weighted by Crippen LogP contribution is 2.20. The molecule has 0 spiro atoms. The number of aromatic amines is 1. The lowest BCUT2D eigenvalue weighted by Gasteiger charge is -2.21. The van der Waals surface area contributed by atoms with Crippen molar-refractivity contribution in [3.05, 3.63) is 42.2 Å². The zero-order valence-electron chi connectivity index (χ0n) is 10.3. The van der Waals surface area contributed by atoms with Crippen LogP contribution in [-0.4, -0.2) is 22.6 Å². The summed E-state index contributed by atoms with van der Waals surface area (Å²) < 4.78 is 0. The Morgan fingerprint density at radius 1 is 1.50 bits per heavy atom. The van der Waals surface area contributed by atoms with Crippen molar-refractivity contribution in [3.8, 4) is 0 Å². The average Bonchev–Trinajstić information content (AvgIpc) is 2.89. The number of hydrogen-bond acceptors (Lipinski definition) is 3. The molecule has 0 aliphatic carbocycles. The third-order valence-electron chi connectivity index (χ3n) is 2.62. The lowest BCUT2D eigenvalue weighted by atomic mass is 10.2. The van der Waals surface area contributed by atoms with Crippen LogP contribution in [0, 0.1) is 0 Å². The van der Waals surface area contributed by atoms with Gasteiger partial charge in [-0.2, -0.15) is 5.10 Å². The molecule has 5 heteroatoms. The van der Waals surface area contributed by atoms with Crippen LogP contribution in [0.1, 0.15) is 23.7 Å². The van der Waals surface area contributed by atoms with E-state index in [1.807, 2.05) is 19.1 Å². The van der Waals surface area contributed by atoms with Gasteiger partial charge in [0.25, 0.3) is 5.91 Å². The van der Waals surface area contributed by atoms with Crippen LogP contribution in [0.4, 0.5) is 11.4 Å². The number of hydrogen-bond donors (Lipinski definition) is 2. The van der Waals surface area contributed by atoms with Crippen LogP contribution >= 0.6 is 0 Å². The highest BCUT2D eigenvalue weighted by molar-refractivity contribution is 6.05. The number of anilines is 2. The molecule has 0 atom stereocenters. The van der Waals surface area contributed by atoms with Crippen molar-refractivity contribution in [1.82, 2.24) is 10.2 Å². The molecule has 0 unspecified atom stereocenters. The number of H-pyrrole nitrogens is 1. The maximum atomic E-state index is 12.3. The molecule has 1 heterocycles. The largest absolute Gasteiger partial charge is 0.399 e. The van der Waals surface area contributed by atoms with Crippen LogP contribution in [0.2, 0.25) is 0 Å². The fourth-order valence-electron chi connectivity index (χ4n) is 1.79. The monoisotopic (exact) mass is 244 g/mol. The molecule has 5 nitrogen and oxygen atoms in total. The molecule has 2 aromatic rings. The fourth-order valence-corrected chi connectivity index (χ4v) is 1.79. The van der Waals surface area contributed by atoms with Crippen LogP contribution in [0.25, 0.3) is 0 Å². The highest BCUT2D eigenvalue weighted by Gasteiger charge is 2.17. The van der Waals surface area contributed by atoms with Gasteiger partial charge < -0.3 is 10.6 Å². The third kappa shape index (κ3) is 2.51. The molecule has 0 saturated heterocycles. The van der Waals surface area contributed by atoms with E-state index in [0.717, 1.165) is 12.1 Å². The first-order chi connectivity index (χ1) is 8.72. The van der Waals surface area contributed by atoms with E-state index < -0.39 is 0 Å². The zero-order valence-corrected chi connectivity index (χ0v) is 10.3. The predicted octanol–water partition coefficient (Wildman–Crippen LogP) is 2.05. The second kappa shape index (κ2) is 5.35. The first-order valence-corrected chi connectivity index (χ1v) is 5.88. The van der Waals surface area contributed by atoms with Crippen LogP contribution in [-0.2, 0) is 0 Å². The molecule has 0 saturated carbocycles. The van der Waals surface area contributed by atoms with Crippen molar-refractivity contribution in [3.63, 3.8) is 0 Å². The highest BCUT2D eigenvalue weighted by atomic mass is 16.2. The number of nitrogens with two attached hydrogens (primary N) is 1. The van der Waals surface area contributed by atoms with Gasteiger partial charge in [0.15, 0.2) is 0 Å². The Kier molecular flexibility index (Phi) is 3.62. The maximum Gasteiger partial charge on any atom is 0.261 e. The molecule has 0 fully saturated rings. The molecule has 1 aromatic heterocycles. The van der Waals surface area contributed by atoms with Crippen molar-refractivity contribution >= 4 is 17.3 Å². The molecule has 18 heavy (non-hydrogen) atoms. The molecule has 0 aliphatic rings. The SMILES string of the molecule is CCCN(C(=O)c1cn[nH]c1)c1cccc(N)c1. The van der Waals surface area contributed by atoms with E-state index in [1.54, 1.807) is 23.2 Å². The molecular formula is C13H16N4O. The summed E-state index contributed by atoms with van der Waals surface area (Å²) in [5.41, 5.74) is 7.76. The van der Waals surface area contributed by atoms with E-state index in [4.69, 9.17) is 5.73 Å². The first-order valence-electron chi connectivity index (χ1n) is 5.88. The summed E-state index contributed by atoms with van der Waals surface area (Å²) in [5.74, 6) is -0.0730. The molecule has 0 bridgehead atoms. The fraction of sp³-hybridized carbons (Fsp3) is 0.231. The van der Waals surface area contributed by atoms with Crippen LogP contribution in [0.5, 0.6) is 0 Å². The van der Waals surface area contributed by atoms with E-state index >= 15 is 0 Å². The topological polar surface area (TPSA) is 75.0 Å². The molecular weight excluding hydrogens is 228 g/mol. The van der Waals surface area contributed by atoms with E-state index in [1.165, 1.54) is 6.20 Å². The first kappa shape index (κ1) is 12.2. The van der Waals surface area contributed by atoms with Crippen molar-refractivity contribution in [1.29, 1.82) is 0 Å². The quantitative estimate of drug-likeness (QED) is 0.808. The molecule has 0 radical (unpaired) electrons. The van der Waals surface area contributed by atoms with Crippen molar-refractivity contribution in [2.75, 3.05) is 17.2 Å². The summed E-state index contributed by atoms with van der Waals surface area (Å²) in [6.45, 7) is 2.68. The number of nitrogens with one attached hydrogen (secondary N) is 1. The summed E-state index contributed by atoms with van der Waals surface area (Å²) in [4.78, 5) is 14.0. The summed E-state index contributed by atoms with van der Waals surface area (Å²) in [7, 11) is 0. The number of amides is 1. The molecule has 1 amide bonds. The maximum absolute atomic E-state index is 12.3. The number of benzene rings is 1. The van der Waals surface area contributed by atoms with Crippen LogP contribution < -0.4 is 10.6 Å². The minimum Gasteiger partial charge on any atom is -0.399 e. The molecule has 94 valence electrons. The van der Waals surface area contributed by atoms with Gasteiger partial charge in [0.05, 0.1) is 11.8 Å². The molecule has 1 aromatic carbocycles. The van der Waals surface area contributed by atoms with Gasteiger partial charge in [-0.3, -0.25) is 9.89 Å². The predicted molar refractivity (Wildman–Crippen MR) is 71.4 cm³/mol. The Bertz CT molecular complexity index is 522. The van der Waals surface area contributed by atoms with Crippen LogP contribution in [0.3, 0.4) is 0 Å². The Hall–Kier alpha value is -2.30. The van der Waals surface area contributed by atoms with Gasteiger partial charge in [-0.15, -0.1) is 0 Å². The average molecular weight is 244 g/mol. The minimum absolute atomic E-state index is 0.0730. The zero-order chi connectivity index (χ0) is 13.0. The third-order valence-corrected chi connectivity index (χ3v) is 2.62. The van der Waals surface area contributed by atoms with Gasteiger partial charge in [-0.05, 0) is 24.6 Å². The van der Waals surface area contributed by atoms with E-state index in [9.17, 15) is 4.79 Å². The van der Waals surface area contributed by atoms with E-state index in [0.29, 0.717) is 17.8 Å². The normalized spacial score (nSPS) is 10.3. The Morgan fingerprint density at radius 3 is 2.94 bits per heavy atom. The Balaban J connectivity index is 2.31. The standard InChI is InChI=1S/C13H16N4O/c1-2-6-17(12-5-3-4-11(14)7-12)13(18)10-8-15-16-9-10/h3-5,7-9H,2,6,14H2,1H3,(H,15,16). The summed E-state index contributed by atoms with van der Waals surface area (Å²) in [6.07, 6.45) is 3.99. The summed E-state index contributed by atoms with van der Waals surface area (Å²) in [6, 6.07) is 7.32. The Morgan fingerprint density at radius 2 is 2.33 bits per heavy atom. The molecule has 0 aliphatic heterocycles. The number of nitrogens with zero attached hydrogens (tertiary/aromatic N) is 2. The van der Waals surface area contributed by atoms with Gasteiger partial charge in [0.2, 0.25) is 0 Å². The smallest absolute Gasteiger partial charge is 0.261 e. The second-order valence-corrected chi connectivity index (χ2v) is 4.04. The molecule has 2 rings (SSSR count). The van der Waals surface area contributed by atoms with Gasteiger partial charge in [-0.25, -0.2) is 0 Å².